The van der Waals surface area contributed by atoms with Crippen molar-refractivity contribution in [2.45, 2.75) is 66.2 Å². The second-order valence-electron chi connectivity index (χ2n) is 9.58. The molecule has 0 aliphatic rings. The molecule has 3 rings (SSSR count). The van der Waals surface area contributed by atoms with Crippen LogP contribution in [0.3, 0.4) is 0 Å². The molecular formula is C23H31B2CuF8N7. The van der Waals surface area contributed by atoms with Crippen LogP contribution in [0.25, 0.3) is 11.6 Å². The molecule has 0 unspecified atom stereocenters. The first-order chi connectivity index (χ1) is 18.0. The van der Waals surface area contributed by atoms with E-state index in [1.807, 2.05) is 52.1 Å². The first kappa shape index (κ1) is 42.1. The smallest absolute Gasteiger partial charge is 0.418 e. The molecule has 0 fully saturated rings. The number of hydrogen-bond acceptors (Lipinski definition) is 5. The maximum Gasteiger partial charge on any atom is 2.00 e. The quantitative estimate of drug-likeness (QED) is 0.211. The normalized spacial score (nSPS) is 10.7. The van der Waals surface area contributed by atoms with Crippen molar-refractivity contribution in [1.29, 1.82) is 10.5 Å². The summed E-state index contributed by atoms with van der Waals surface area (Å²) in [5.74, 6) is 1.58. The van der Waals surface area contributed by atoms with E-state index in [4.69, 9.17) is 15.5 Å². The van der Waals surface area contributed by atoms with Gasteiger partial charge in [-0.1, -0.05) is 47.6 Å². The summed E-state index contributed by atoms with van der Waals surface area (Å²) in [6.45, 7) is 15.8. The predicted molar refractivity (Wildman–Crippen MR) is 139 cm³/mol. The van der Waals surface area contributed by atoms with Gasteiger partial charge in [0.1, 0.15) is 0 Å². The minimum Gasteiger partial charge on any atom is -0.418 e. The van der Waals surface area contributed by atoms with Crippen LogP contribution in [0.4, 0.5) is 34.5 Å². The van der Waals surface area contributed by atoms with Gasteiger partial charge in [-0.15, -0.1) is 0 Å². The zero-order chi connectivity index (χ0) is 31.9. The molecule has 18 heteroatoms. The molecule has 0 amide bonds. The fourth-order valence-corrected chi connectivity index (χ4v) is 2.37. The third-order valence-electron chi connectivity index (χ3n) is 3.90. The molecule has 0 N–H and O–H groups in total. The Labute approximate surface area is 245 Å². The Balaban J connectivity index is -0.000000706. The monoisotopic (exact) mass is 642 g/mol. The fourth-order valence-electron chi connectivity index (χ4n) is 2.37. The number of hydrogen-bond donors (Lipinski definition) is 0. The van der Waals surface area contributed by atoms with Crippen LogP contribution in [0.2, 0.25) is 0 Å². The van der Waals surface area contributed by atoms with Gasteiger partial charge in [0.15, 0.2) is 11.6 Å². The van der Waals surface area contributed by atoms with Crippen molar-refractivity contribution < 1.29 is 51.6 Å². The molecule has 3 aromatic rings. The van der Waals surface area contributed by atoms with Crippen molar-refractivity contribution in [3.05, 3.63) is 54.1 Å². The topological polar surface area (TPSA) is 96.1 Å². The van der Waals surface area contributed by atoms with Crippen LogP contribution in [0.1, 0.15) is 66.8 Å². The second-order valence-corrected chi connectivity index (χ2v) is 9.58. The summed E-state index contributed by atoms with van der Waals surface area (Å²) >= 11 is 0. The summed E-state index contributed by atoms with van der Waals surface area (Å²) in [5, 5.41) is 23.9. The van der Waals surface area contributed by atoms with Crippen molar-refractivity contribution in [1.82, 2.24) is 24.5 Å². The van der Waals surface area contributed by atoms with Gasteiger partial charge in [0.25, 0.3) is 0 Å². The average molecular weight is 643 g/mol. The standard InChI is InChI=1S/C19H25N5.2C2H3N.2BF4.Cu/c1-18(2,3)14-10-12-23(21-14)16-8-7-9-17(20-16)24-13-11-15(22-24)19(4,5)6;2*1-2-3;2*2-1(3,4)5;/h7-13H,1-6H3;2*1H3;;;/q;;;2*-1;+2. The largest absolute Gasteiger partial charge is 2.00 e. The molecule has 0 saturated carbocycles. The van der Waals surface area contributed by atoms with Crippen LogP contribution in [0.15, 0.2) is 42.7 Å². The van der Waals surface area contributed by atoms with Gasteiger partial charge in [0.2, 0.25) is 0 Å². The zero-order valence-electron chi connectivity index (χ0n) is 23.7. The molecule has 0 spiro atoms. The van der Waals surface area contributed by atoms with Gasteiger partial charge < -0.3 is 34.5 Å². The van der Waals surface area contributed by atoms with Crippen LogP contribution in [-0.4, -0.2) is 39.1 Å². The van der Waals surface area contributed by atoms with Gasteiger partial charge in [-0.25, -0.2) is 14.3 Å². The van der Waals surface area contributed by atoms with Gasteiger partial charge in [-0.05, 0) is 24.3 Å². The molecule has 1 radical (unpaired) electrons. The van der Waals surface area contributed by atoms with Crippen LogP contribution >= 0.6 is 0 Å². The Hall–Kier alpha value is -3.36. The molecule has 0 saturated heterocycles. The maximum absolute atomic E-state index is 9.75. The number of nitriles is 2. The van der Waals surface area contributed by atoms with E-state index in [0.717, 1.165) is 23.0 Å². The minimum absolute atomic E-state index is 0. The third kappa shape index (κ3) is 22.1. The maximum atomic E-state index is 9.75. The van der Waals surface area contributed by atoms with Crippen LogP contribution < -0.4 is 0 Å². The first-order valence-electron chi connectivity index (χ1n) is 11.4. The third-order valence-corrected chi connectivity index (χ3v) is 3.90. The van der Waals surface area contributed by atoms with Gasteiger partial charge in [-0.2, -0.15) is 20.7 Å². The second kappa shape index (κ2) is 18.1. The number of halogens is 8. The van der Waals surface area contributed by atoms with Crippen molar-refractivity contribution in [3.63, 3.8) is 0 Å². The van der Waals surface area contributed by atoms with Gasteiger partial charge in [-0.3, -0.25) is 0 Å². The van der Waals surface area contributed by atoms with Crippen LogP contribution in [-0.2, 0) is 27.9 Å². The number of aromatic nitrogens is 5. The Morgan fingerprint density at radius 3 is 1.07 bits per heavy atom. The Morgan fingerprint density at radius 1 is 0.634 bits per heavy atom. The predicted octanol–water partition coefficient (Wildman–Crippen LogP) is 7.71. The first-order valence-corrected chi connectivity index (χ1v) is 11.4. The molecule has 3 heterocycles. The van der Waals surface area contributed by atoms with Crippen LogP contribution in [0, 0.1) is 22.7 Å². The van der Waals surface area contributed by atoms with E-state index in [1.165, 1.54) is 13.8 Å². The number of pyridine rings is 1. The molecule has 0 atom stereocenters. The fraction of sp³-hybridized carbons (Fsp3) is 0.435. The number of nitrogens with zero attached hydrogens (tertiary/aromatic N) is 7. The number of rotatable bonds is 2. The van der Waals surface area contributed by atoms with E-state index in [2.05, 4.69) is 51.7 Å². The molecule has 0 aliphatic heterocycles. The van der Waals surface area contributed by atoms with Gasteiger partial charge >= 0.3 is 31.6 Å². The van der Waals surface area contributed by atoms with E-state index in [0.29, 0.717) is 0 Å². The van der Waals surface area contributed by atoms with Crippen molar-refractivity contribution in [2.24, 2.45) is 0 Å². The minimum atomic E-state index is -6.00. The Morgan fingerprint density at radius 2 is 0.878 bits per heavy atom. The molecule has 0 bridgehead atoms. The summed E-state index contributed by atoms with van der Waals surface area (Å²) in [5.41, 5.74) is 2.13. The van der Waals surface area contributed by atoms with Crippen molar-refractivity contribution >= 4 is 14.5 Å². The van der Waals surface area contributed by atoms with Crippen molar-refractivity contribution in [3.8, 4) is 23.8 Å². The molecular weight excluding hydrogens is 611 g/mol. The van der Waals surface area contributed by atoms with Gasteiger partial charge in [0.05, 0.1) is 23.5 Å². The van der Waals surface area contributed by atoms with Crippen molar-refractivity contribution in [2.75, 3.05) is 0 Å². The van der Waals surface area contributed by atoms with E-state index in [9.17, 15) is 34.5 Å². The summed E-state index contributed by atoms with van der Waals surface area (Å²) in [7, 11) is -12.0. The average Bonchev–Trinajstić information content (AvgIpc) is 3.43. The van der Waals surface area contributed by atoms with E-state index in [-0.39, 0.29) is 27.9 Å². The zero-order valence-corrected chi connectivity index (χ0v) is 24.6. The molecule has 3 aromatic heterocycles. The molecule has 7 nitrogen and oxygen atoms in total. The Bertz CT molecular complexity index is 1130. The molecule has 41 heavy (non-hydrogen) atoms. The summed E-state index contributed by atoms with van der Waals surface area (Å²) < 4.78 is 81.6. The molecule has 0 aromatic carbocycles. The SMILES string of the molecule is CC#N.CC#N.CC(C)(C)c1ccn(-c2cccc(-n3ccc(C(C)(C)C)n3)n2)n1.F[B-](F)(F)F.F[B-](F)(F)F.[Cu+2]. The summed E-state index contributed by atoms with van der Waals surface area (Å²) in [4.78, 5) is 4.70. The summed E-state index contributed by atoms with van der Waals surface area (Å²) in [6.07, 6.45) is 3.91. The Kier molecular flexibility index (Phi) is 18.6. The van der Waals surface area contributed by atoms with E-state index < -0.39 is 14.5 Å². The van der Waals surface area contributed by atoms with E-state index in [1.54, 1.807) is 12.1 Å². The molecule has 0 aliphatic carbocycles. The van der Waals surface area contributed by atoms with Gasteiger partial charge in [0, 0.05) is 37.1 Å². The van der Waals surface area contributed by atoms with Crippen LogP contribution in [0.5, 0.6) is 0 Å². The van der Waals surface area contributed by atoms with E-state index >= 15 is 0 Å². The molecule has 231 valence electrons. The summed E-state index contributed by atoms with van der Waals surface area (Å²) in [6, 6.07) is 13.5.